The van der Waals surface area contributed by atoms with Gasteiger partial charge in [-0.2, -0.15) is 0 Å². The molecule has 0 bridgehead atoms. The molecule has 1 aliphatic heterocycles. The van der Waals surface area contributed by atoms with E-state index in [-0.39, 0.29) is 23.2 Å². The van der Waals surface area contributed by atoms with E-state index in [9.17, 15) is 28.9 Å². The number of nitrogens with zero attached hydrogens (tertiary/aromatic N) is 3. The number of piperidine rings is 1. The van der Waals surface area contributed by atoms with Crippen molar-refractivity contribution in [3.8, 4) is 5.75 Å². The molecule has 1 unspecified atom stereocenters. The Morgan fingerprint density at radius 3 is 2.13 bits per heavy atom. The molecule has 1 aliphatic rings. The third kappa shape index (κ3) is 10.8. The standard InChI is InChI=1S/C29H34ClN3O5S.C6H8O7/c1-19(28(35)38-16-13-29(39-31-36)11-14-32(3)15-12-29)17-24-20(2)33(26-10-9-23(37-4)18-25(24)26)27(34)21-5-7-22(30)8-6-21;7-3(8)1-6(13,5(11)12)2-4(9)10/h5-10,18-19H,11-17H2,1-4H3;13H,1-2H2,(H,7,8)(H,9,10)(H,11,12). The van der Waals surface area contributed by atoms with Crippen LogP contribution >= 0.6 is 23.5 Å². The Bertz CT molecular complexity index is 1770. The molecule has 0 radical (unpaired) electrons. The molecule has 2 aromatic carbocycles. The fourth-order valence-corrected chi connectivity index (χ4v) is 6.73. The molecule has 1 atom stereocenters. The summed E-state index contributed by atoms with van der Waals surface area (Å²) in [5, 5.41) is 35.2. The van der Waals surface area contributed by atoms with Gasteiger partial charge in [0.15, 0.2) is 5.60 Å². The molecule has 1 fully saturated rings. The highest BCUT2D eigenvalue weighted by atomic mass is 35.5. The van der Waals surface area contributed by atoms with E-state index < -0.39 is 42.3 Å². The average Bonchev–Trinajstić information content (AvgIpc) is 3.35. The number of nitroso groups, excluding NO2 is 1. The number of halogens is 1. The van der Waals surface area contributed by atoms with Gasteiger partial charge in [-0.1, -0.05) is 18.5 Å². The Morgan fingerprint density at radius 2 is 1.62 bits per heavy atom. The molecule has 2 heterocycles. The first kappa shape index (κ1) is 41.9. The van der Waals surface area contributed by atoms with Gasteiger partial charge in [-0.3, -0.25) is 23.7 Å². The van der Waals surface area contributed by atoms with Crippen molar-refractivity contribution in [2.24, 2.45) is 10.5 Å². The van der Waals surface area contributed by atoms with Crippen LogP contribution in [0.25, 0.3) is 10.9 Å². The SMILES string of the molecule is COc1ccc2c(c1)c(CC(C)C(=O)OCCC1(SN=O)CCN(C)CC1)c(C)n2C(=O)c1ccc(Cl)cc1.O=C(O)CC(O)(CC(=O)O)C(=O)O. The number of benzene rings is 2. The summed E-state index contributed by atoms with van der Waals surface area (Å²) in [6.45, 7) is 5.72. The quantitative estimate of drug-likeness (QED) is 0.0905. The average molecular weight is 764 g/mol. The minimum atomic E-state index is -2.74. The maximum atomic E-state index is 13.5. The van der Waals surface area contributed by atoms with Gasteiger partial charge in [-0.25, -0.2) is 4.79 Å². The summed E-state index contributed by atoms with van der Waals surface area (Å²) in [6.07, 6.45) is 0.351. The lowest BCUT2D eigenvalue weighted by atomic mass is 9.93. The molecule has 0 saturated carbocycles. The molecule has 0 spiro atoms. The minimum Gasteiger partial charge on any atom is -0.497 e. The second-order valence-electron chi connectivity index (χ2n) is 12.7. The normalized spacial score (nSPS) is 14.8. The van der Waals surface area contributed by atoms with E-state index >= 15 is 0 Å². The molecule has 4 N–H and O–H groups in total. The second kappa shape index (κ2) is 18.3. The number of rotatable bonds is 15. The number of carboxylic acids is 3. The lowest BCUT2D eigenvalue weighted by Crippen LogP contribution is -2.42. The van der Waals surface area contributed by atoms with Gasteiger partial charge in [0.1, 0.15) is 5.75 Å². The molecule has 0 aliphatic carbocycles. The summed E-state index contributed by atoms with van der Waals surface area (Å²) in [6, 6.07) is 12.4. The summed E-state index contributed by atoms with van der Waals surface area (Å²) in [5.41, 5.74) is 0.170. The van der Waals surface area contributed by atoms with Crippen molar-refractivity contribution >= 4 is 64.2 Å². The number of methoxy groups -OCH3 is 1. The molecule has 52 heavy (non-hydrogen) atoms. The van der Waals surface area contributed by atoms with Crippen molar-refractivity contribution in [1.82, 2.24) is 9.47 Å². The van der Waals surface area contributed by atoms with Crippen molar-refractivity contribution in [3.05, 3.63) is 69.2 Å². The third-order valence-electron chi connectivity index (χ3n) is 8.97. The van der Waals surface area contributed by atoms with Gasteiger partial charge >= 0.3 is 23.9 Å². The topological polar surface area (TPSA) is 222 Å². The van der Waals surface area contributed by atoms with E-state index in [0.29, 0.717) is 29.2 Å². The number of likely N-dealkylation sites (tertiary alicyclic amines) is 1. The van der Waals surface area contributed by atoms with Crippen molar-refractivity contribution in [3.63, 3.8) is 0 Å². The largest absolute Gasteiger partial charge is 0.497 e. The van der Waals surface area contributed by atoms with Crippen molar-refractivity contribution in [2.75, 3.05) is 33.9 Å². The van der Waals surface area contributed by atoms with Gasteiger partial charge in [0.05, 0.1) is 38.0 Å². The minimum absolute atomic E-state index is 0.175. The Morgan fingerprint density at radius 1 is 1.02 bits per heavy atom. The highest BCUT2D eigenvalue weighted by Gasteiger charge is 2.41. The predicted molar refractivity (Wildman–Crippen MR) is 193 cm³/mol. The first-order valence-electron chi connectivity index (χ1n) is 16.2. The smallest absolute Gasteiger partial charge is 0.336 e. The molecule has 4 rings (SSSR count). The molecule has 15 nitrogen and oxygen atoms in total. The van der Waals surface area contributed by atoms with E-state index in [1.54, 1.807) is 35.9 Å². The Hall–Kier alpha value is -4.51. The molecular weight excluding hydrogens is 722 g/mol. The molecule has 1 aromatic heterocycles. The molecule has 1 saturated heterocycles. The van der Waals surface area contributed by atoms with Crippen LogP contribution in [0.5, 0.6) is 5.75 Å². The molecule has 17 heteroatoms. The van der Waals surface area contributed by atoms with Gasteiger partial charge in [-0.15, -0.1) is 4.91 Å². The van der Waals surface area contributed by atoms with E-state index in [2.05, 4.69) is 16.5 Å². The predicted octanol–water partition coefficient (Wildman–Crippen LogP) is 5.04. The number of carbonyl (C=O) groups is 5. The van der Waals surface area contributed by atoms with Gasteiger partial charge in [0, 0.05) is 42.9 Å². The van der Waals surface area contributed by atoms with Crippen LogP contribution in [0.3, 0.4) is 0 Å². The fourth-order valence-electron chi connectivity index (χ4n) is 5.91. The zero-order chi connectivity index (χ0) is 38.8. The summed E-state index contributed by atoms with van der Waals surface area (Å²) in [4.78, 5) is 70.3. The maximum absolute atomic E-state index is 13.5. The maximum Gasteiger partial charge on any atom is 0.336 e. The summed E-state index contributed by atoms with van der Waals surface area (Å²) < 4.78 is 15.6. The number of carbonyl (C=O) groups excluding carboxylic acids is 2. The third-order valence-corrected chi connectivity index (χ3v) is 10.3. The van der Waals surface area contributed by atoms with Crippen LogP contribution < -0.4 is 4.74 Å². The first-order chi connectivity index (χ1) is 24.5. The van der Waals surface area contributed by atoms with Crippen LogP contribution in [-0.2, 0) is 30.3 Å². The molecule has 0 amide bonds. The molecule has 3 aromatic rings. The van der Waals surface area contributed by atoms with Crippen LogP contribution in [0.1, 0.15) is 60.6 Å². The van der Waals surface area contributed by atoms with Gasteiger partial charge in [0.2, 0.25) is 0 Å². The summed E-state index contributed by atoms with van der Waals surface area (Å²) in [5.74, 6) is -5.28. The zero-order valence-electron chi connectivity index (χ0n) is 29.2. The number of hydrogen-bond donors (Lipinski definition) is 4. The summed E-state index contributed by atoms with van der Waals surface area (Å²) in [7, 11) is 3.65. The van der Waals surface area contributed by atoms with E-state index in [0.717, 1.165) is 60.0 Å². The Balaban J connectivity index is 0.000000478. The number of fused-ring (bicyclic) bond motifs is 1. The number of ether oxygens (including phenoxy) is 2. The van der Waals surface area contributed by atoms with Gasteiger partial charge < -0.3 is 34.8 Å². The number of hydrogen-bond acceptors (Lipinski definition) is 12. The number of aliphatic carboxylic acids is 3. The van der Waals surface area contributed by atoms with Crippen LogP contribution in [0.4, 0.5) is 0 Å². The van der Waals surface area contributed by atoms with E-state index in [4.69, 9.17) is 41.5 Å². The monoisotopic (exact) mass is 763 g/mol. The van der Waals surface area contributed by atoms with Crippen LogP contribution in [-0.4, -0.2) is 104 Å². The zero-order valence-corrected chi connectivity index (χ0v) is 30.7. The fraction of sp³-hybridized carbons (Fsp3) is 0.457. The highest BCUT2D eigenvalue weighted by molar-refractivity contribution is 7.99. The highest BCUT2D eigenvalue weighted by Crippen LogP contribution is 2.40. The first-order valence-corrected chi connectivity index (χ1v) is 17.3. The molecule has 282 valence electrons. The number of aliphatic hydroxyl groups is 1. The number of aromatic nitrogens is 1. The van der Waals surface area contributed by atoms with Gasteiger partial charge in [-0.05, 0) is 101 Å². The van der Waals surface area contributed by atoms with E-state index in [1.807, 2.05) is 32.0 Å². The van der Waals surface area contributed by atoms with Crippen LogP contribution in [0, 0.1) is 17.7 Å². The van der Waals surface area contributed by atoms with Crippen molar-refractivity contribution in [1.29, 1.82) is 0 Å². The van der Waals surface area contributed by atoms with Crippen molar-refractivity contribution < 1.29 is 53.9 Å². The van der Waals surface area contributed by atoms with Gasteiger partial charge in [0.25, 0.3) is 5.91 Å². The molecular formula is C35H42ClN3O12S. The van der Waals surface area contributed by atoms with Crippen LogP contribution in [0.15, 0.2) is 47.0 Å². The second-order valence-corrected chi connectivity index (χ2v) is 14.4. The lowest BCUT2D eigenvalue weighted by molar-refractivity contribution is -0.170. The number of esters is 1. The lowest BCUT2D eigenvalue weighted by Gasteiger charge is -2.37. The van der Waals surface area contributed by atoms with Crippen molar-refractivity contribution in [2.45, 2.75) is 62.7 Å². The summed E-state index contributed by atoms with van der Waals surface area (Å²) >= 11 is 7.10. The number of carboxylic acid groups (broad SMARTS) is 3. The Kier molecular flexibility index (Phi) is 14.8. The Labute approximate surface area is 308 Å². The van der Waals surface area contributed by atoms with Crippen LogP contribution in [0.2, 0.25) is 5.02 Å². The van der Waals surface area contributed by atoms with E-state index in [1.165, 1.54) is 0 Å².